The van der Waals surface area contributed by atoms with Crippen LogP contribution in [-0.4, -0.2) is 28.3 Å². The molecule has 2 heterocycles. The maximum absolute atomic E-state index is 13.4. The van der Waals surface area contributed by atoms with Gasteiger partial charge in [0.15, 0.2) is 5.13 Å². The number of nitrogen functional groups attached to an aromatic ring is 1. The third-order valence-corrected chi connectivity index (χ3v) is 6.79. The van der Waals surface area contributed by atoms with Crippen LogP contribution in [0.3, 0.4) is 0 Å². The van der Waals surface area contributed by atoms with Gasteiger partial charge in [0.1, 0.15) is 12.4 Å². The van der Waals surface area contributed by atoms with Crippen molar-refractivity contribution in [1.82, 2.24) is 9.97 Å². The summed E-state index contributed by atoms with van der Waals surface area (Å²) in [5.41, 5.74) is 11.2. The van der Waals surface area contributed by atoms with Crippen LogP contribution in [0.4, 0.5) is 20.9 Å². The minimum Gasteiger partial charge on any atom is -0.375 e. The number of carbonyl (C=O) groups excluding carboxylic acids is 2. The smallest absolute Gasteiger partial charge is 0.258 e. The van der Waals surface area contributed by atoms with E-state index in [0.717, 1.165) is 21.5 Å². The summed E-state index contributed by atoms with van der Waals surface area (Å²) >= 11 is 2.74. The number of halogens is 1. The van der Waals surface area contributed by atoms with E-state index >= 15 is 0 Å². The minimum absolute atomic E-state index is 0.238. The van der Waals surface area contributed by atoms with Crippen LogP contribution in [0.2, 0.25) is 0 Å². The highest BCUT2D eigenvalue weighted by Crippen LogP contribution is 2.31. The van der Waals surface area contributed by atoms with Crippen molar-refractivity contribution in [2.45, 2.75) is 0 Å². The molecule has 35 heavy (non-hydrogen) atoms. The summed E-state index contributed by atoms with van der Waals surface area (Å²) in [7, 11) is 0. The van der Waals surface area contributed by atoms with Gasteiger partial charge >= 0.3 is 0 Å². The van der Waals surface area contributed by atoms with Gasteiger partial charge in [-0.05, 0) is 48.5 Å². The molecule has 0 spiro atoms. The highest BCUT2D eigenvalue weighted by molar-refractivity contribution is 7.17. The van der Waals surface area contributed by atoms with Crippen molar-refractivity contribution >= 4 is 61.2 Å². The van der Waals surface area contributed by atoms with Gasteiger partial charge in [-0.15, -0.1) is 22.7 Å². The topological polar surface area (TPSA) is 101 Å². The van der Waals surface area contributed by atoms with E-state index in [-0.39, 0.29) is 18.0 Å². The van der Waals surface area contributed by atoms with Gasteiger partial charge in [0.25, 0.3) is 5.91 Å². The van der Waals surface area contributed by atoms with Crippen LogP contribution in [0.1, 0.15) is 10.4 Å². The monoisotopic (exact) mass is 503 g/mol. The first-order valence-corrected chi connectivity index (χ1v) is 12.2. The van der Waals surface area contributed by atoms with Gasteiger partial charge in [0.2, 0.25) is 5.91 Å². The molecule has 0 aliphatic rings. The summed E-state index contributed by atoms with van der Waals surface area (Å²) in [4.78, 5) is 36.4. The van der Waals surface area contributed by atoms with Crippen LogP contribution >= 0.6 is 22.7 Å². The second kappa shape index (κ2) is 9.61. The van der Waals surface area contributed by atoms with Gasteiger partial charge in [0, 0.05) is 22.2 Å². The van der Waals surface area contributed by atoms with E-state index in [9.17, 15) is 14.0 Å². The van der Waals surface area contributed by atoms with E-state index in [1.807, 2.05) is 23.6 Å². The number of nitrogens with one attached hydrogen (secondary N) is 1. The lowest BCUT2D eigenvalue weighted by Gasteiger charge is -2.23. The number of aromatic nitrogens is 2. The number of amides is 2. The van der Waals surface area contributed by atoms with Gasteiger partial charge in [-0.3, -0.25) is 14.5 Å². The molecule has 3 N–H and O–H groups in total. The molecule has 0 radical (unpaired) electrons. The summed E-state index contributed by atoms with van der Waals surface area (Å²) in [6.07, 6.45) is 0. The third-order valence-electron chi connectivity index (χ3n) is 5.25. The number of hydrogen-bond acceptors (Lipinski definition) is 7. The molecule has 5 rings (SSSR count). The summed E-state index contributed by atoms with van der Waals surface area (Å²) in [6, 6.07) is 17.8. The zero-order chi connectivity index (χ0) is 24.4. The molecule has 0 bridgehead atoms. The second-order valence-electron chi connectivity index (χ2n) is 7.57. The predicted octanol–water partition coefficient (Wildman–Crippen LogP) is 5.43. The lowest BCUT2D eigenvalue weighted by Crippen LogP contribution is -2.38. The van der Waals surface area contributed by atoms with Crippen molar-refractivity contribution in [3.05, 3.63) is 89.0 Å². The number of nitrogens with two attached hydrogens (primary N) is 1. The van der Waals surface area contributed by atoms with E-state index < -0.39 is 11.7 Å². The number of rotatable bonds is 6. The maximum atomic E-state index is 13.4. The van der Waals surface area contributed by atoms with Crippen LogP contribution in [-0.2, 0) is 4.79 Å². The average Bonchev–Trinajstić information content (AvgIpc) is 3.52. The van der Waals surface area contributed by atoms with Gasteiger partial charge < -0.3 is 11.1 Å². The number of nitrogens with zero attached hydrogens (tertiary/aromatic N) is 3. The lowest BCUT2D eigenvalue weighted by atomic mass is 10.1. The number of anilines is 3. The van der Waals surface area contributed by atoms with Crippen LogP contribution in [0.15, 0.2) is 77.6 Å². The van der Waals surface area contributed by atoms with Gasteiger partial charge in [-0.2, -0.15) is 0 Å². The van der Waals surface area contributed by atoms with Crippen molar-refractivity contribution in [1.29, 1.82) is 0 Å². The SMILES string of the molecule is Nc1nc(-c2ccc(NC(=O)CN(C(=O)c3ccc(F)cc3)c3cccc4ncsc34)cc2)cs1. The van der Waals surface area contributed by atoms with Crippen LogP contribution in [0, 0.1) is 5.82 Å². The average molecular weight is 504 g/mol. The highest BCUT2D eigenvalue weighted by Gasteiger charge is 2.23. The summed E-state index contributed by atoms with van der Waals surface area (Å²) in [5.74, 6) is -1.25. The van der Waals surface area contributed by atoms with Crippen molar-refractivity contribution in [2.75, 3.05) is 22.5 Å². The third kappa shape index (κ3) is 4.88. The molecule has 0 aliphatic heterocycles. The van der Waals surface area contributed by atoms with Gasteiger partial charge in [0.05, 0.1) is 27.1 Å². The fourth-order valence-corrected chi connectivity index (χ4v) is 4.97. The Morgan fingerprint density at radius 2 is 1.77 bits per heavy atom. The van der Waals surface area contributed by atoms with Crippen LogP contribution in [0.5, 0.6) is 0 Å². The maximum Gasteiger partial charge on any atom is 0.258 e. The Bertz CT molecular complexity index is 1510. The normalized spacial score (nSPS) is 10.9. The number of thiazole rings is 2. The van der Waals surface area contributed by atoms with Crippen LogP contribution < -0.4 is 16.0 Å². The molecule has 0 saturated heterocycles. The molecule has 3 aromatic carbocycles. The number of carbonyl (C=O) groups is 2. The largest absolute Gasteiger partial charge is 0.375 e. The molecule has 174 valence electrons. The lowest BCUT2D eigenvalue weighted by molar-refractivity contribution is -0.114. The molecule has 2 aromatic heterocycles. The van der Waals surface area contributed by atoms with E-state index in [2.05, 4.69) is 15.3 Å². The molecule has 0 fully saturated rings. The molecule has 10 heteroatoms. The number of hydrogen-bond donors (Lipinski definition) is 2. The fraction of sp³-hybridized carbons (Fsp3) is 0.0400. The first-order valence-electron chi connectivity index (χ1n) is 10.5. The Kier molecular flexibility index (Phi) is 6.21. The Hall–Kier alpha value is -4.15. The molecular formula is C25H18FN5O2S2. The molecule has 0 saturated carbocycles. The van der Waals surface area contributed by atoms with Gasteiger partial charge in [-0.1, -0.05) is 18.2 Å². The molecular weight excluding hydrogens is 485 g/mol. The molecule has 2 amide bonds. The Labute approximate surface area is 207 Å². The first kappa shape index (κ1) is 22.6. The van der Waals surface area contributed by atoms with E-state index in [1.165, 1.54) is 51.8 Å². The Balaban J connectivity index is 1.40. The van der Waals surface area contributed by atoms with E-state index in [0.29, 0.717) is 16.5 Å². The van der Waals surface area contributed by atoms with Crippen molar-refractivity contribution in [2.24, 2.45) is 0 Å². The molecule has 5 aromatic rings. The molecule has 0 aliphatic carbocycles. The van der Waals surface area contributed by atoms with E-state index in [4.69, 9.17) is 5.73 Å². The zero-order valence-electron chi connectivity index (χ0n) is 18.1. The predicted molar refractivity (Wildman–Crippen MR) is 138 cm³/mol. The quantitative estimate of drug-likeness (QED) is 0.322. The highest BCUT2D eigenvalue weighted by atomic mass is 32.1. The minimum atomic E-state index is -0.445. The van der Waals surface area contributed by atoms with Crippen molar-refractivity contribution in [3.63, 3.8) is 0 Å². The number of fused-ring (bicyclic) bond motifs is 1. The summed E-state index contributed by atoms with van der Waals surface area (Å²) in [5, 5.41) is 5.18. The first-order chi connectivity index (χ1) is 17.0. The molecule has 0 unspecified atom stereocenters. The zero-order valence-corrected chi connectivity index (χ0v) is 19.8. The fourth-order valence-electron chi connectivity index (χ4n) is 3.59. The Morgan fingerprint density at radius 3 is 2.49 bits per heavy atom. The Morgan fingerprint density at radius 1 is 1.00 bits per heavy atom. The van der Waals surface area contributed by atoms with Crippen LogP contribution in [0.25, 0.3) is 21.5 Å². The van der Waals surface area contributed by atoms with Gasteiger partial charge in [-0.25, -0.2) is 14.4 Å². The standard InChI is InChI=1S/C25H18FN5O2S2/c26-17-8-4-16(5-9-17)24(33)31(21-3-1-2-19-23(21)35-14-28-19)12-22(32)29-18-10-6-15(7-11-18)20-13-34-25(27)30-20/h1-11,13-14H,12H2,(H2,27,30)(H,29,32). The summed E-state index contributed by atoms with van der Waals surface area (Å²) < 4.78 is 14.2. The van der Waals surface area contributed by atoms with Crippen molar-refractivity contribution < 1.29 is 14.0 Å². The second-order valence-corrected chi connectivity index (χ2v) is 9.32. The van der Waals surface area contributed by atoms with E-state index in [1.54, 1.807) is 29.8 Å². The molecule has 0 atom stereocenters. The number of benzene rings is 3. The van der Waals surface area contributed by atoms with Crippen molar-refractivity contribution in [3.8, 4) is 11.3 Å². The summed E-state index contributed by atoms with van der Waals surface area (Å²) in [6.45, 7) is -0.238. The molecule has 7 nitrogen and oxygen atoms in total.